The number of amides is 1. The summed E-state index contributed by atoms with van der Waals surface area (Å²) in [6.07, 6.45) is 0. The van der Waals surface area contributed by atoms with Crippen LogP contribution in [0.4, 0.5) is 0 Å². The lowest BCUT2D eigenvalue weighted by atomic mass is 10.2. The van der Waals surface area contributed by atoms with Gasteiger partial charge in [0.05, 0.1) is 18.7 Å². The summed E-state index contributed by atoms with van der Waals surface area (Å²) in [6.45, 7) is 2.34. The molecule has 6 nitrogen and oxygen atoms in total. The number of aryl methyl sites for hydroxylation is 1. The fraction of sp³-hybridized carbons (Fsp3) is 0.267. The number of rotatable bonds is 6. The van der Waals surface area contributed by atoms with Crippen molar-refractivity contribution in [1.29, 1.82) is 0 Å². The molecule has 1 aromatic carbocycles. The molecule has 0 fully saturated rings. The number of benzene rings is 1. The van der Waals surface area contributed by atoms with Crippen molar-refractivity contribution in [3.63, 3.8) is 0 Å². The summed E-state index contributed by atoms with van der Waals surface area (Å²) < 4.78 is 25.4. The van der Waals surface area contributed by atoms with Crippen LogP contribution < -0.4 is 5.32 Å². The second kappa shape index (κ2) is 7.62. The largest absolute Gasteiger partial charge is 0.347 e. The average Bonchev–Trinajstić information content (AvgIpc) is 2.97. The van der Waals surface area contributed by atoms with Gasteiger partial charge in [-0.3, -0.25) is 9.63 Å². The number of hydrogen-bond acceptors (Lipinski definition) is 5. The van der Waals surface area contributed by atoms with E-state index in [1.807, 2.05) is 18.4 Å². The zero-order chi connectivity index (χ0) is 17.9. The molecular formula is C15H17ClN2O4S2. The van der Waals surface area contributed by atoms with Crippen molar-refractivity contribution >= 4 is 38.9 Å². The minimum absolute atomic E-state index is 0.0181. The van der Waals surface area contributed by atoms with E-state index in [0.29, 0.717) is 11.0 Å². The number of halogens is 1. The second-order valence-electron chi connectivity index (χ2n) is 4.95. The van der Waals surface area contributed by atoms with Gasteiger partial charge in [-0.05, 0) is 42.1 Å². The van der Waals surface area contributed by atoms with Gasteiger partial charge in [0, 0.05) is 17.5 Å². The van der Waals surface area contributed by atoms with Crippen molar-refractivity contribution in [1.82, 2.24) is 9.79 Å². The van der Waals surface area contributed by atoms with Crippen molar-refractivity contribution in [2.75, 3.05) is 14.2 Å². The molecule has 0 bridgehead atoms. The third-order valence-corrected chi connectivity index (χ3v) is 6.63. The van der Waals surface area contributed by atoms with Crippen LogP contribution in [0.25, 0.3) is 0 Å². The Balaban J connectivity index is 2.24. The minimum Gasteiger partial charge on any atom is -0.347 e. The van der Waals surface area contributed by atoms with Gasteiger partial charge in [0.2, 0.25) is 0 Å². The summed E-state index contributed by atoms with van der Waals surface area (Å²) in [5, 5.41) is 4.74. The van der Waals surface area contributed by atoms with Crippen molar-refractivity contribution in [3.8, 4) is 0 Å². The molecule has 1 heterocycles. The first kappa shape index (κ1) is 18.9. The number of nitrogens with one attached hydrogen (secondary N) is 1. The van der Waals surface area contributed by atoms with Crippen LogP contribution in [0.2, 0.25) is 5.02 Å². The summed E-state index contributed by atoms with van der Waals surface area (Å²) >= 11 is 7.52. The molecule has 130 valence electrons. The van der Waals surface area contributed by atoms with Gasteiger partial charge in [0.1, 0.15) is 4.90 Å². The van der Waals surface area contributed by atoms with E-state index in [4.69, 9.17) is 16.4 Å². The summed E-state index contributed by atoms with van der Waals surface area (Å²) in [4.78, 5) is 17.9. The maximum absolute atomic E-state index is 12.3. The van der Waals surface area contributed by atoms with Crippen LogP contribution in [0.5, 0.6) is 0 Å². The van der Waals surface area contributed by atoms with E-state index >= 15 is 0 Å². The maximum atomic E-state index is 12.3. The predicted octanol–water partition coefficient (Wildman–Crippen LogP) is 2.82. The Labute approximate surface area is 150 Å². The van der Waals surface area contributed by atoms with Crippen molar-refractivity contribution < 1.29 is 18.0 Å². The Morgan fingerprint density at radius 3 is 2.67 bits per heavy atom. The minimum atomic E-state index is -3.94. The Bertz CT molecular complexity index is 849. The highest BCUT2D eigenvalue weighted by Crippen LogP contribution is 2.25. The lowest BCUT2D eigenvalue weighted by Crippen LogP contribution is -2.27. The molecule has 0 atom stereocenters. The first-order chi connectivity index (χ1) is 11.3. The van der Waals surface area contributed by atoms with Gasteiger partial charge in [-0.15, -0.1) is 11.3 Å². The zero-order valence-electron chi connectivity index (χ0n) is 13.4. The molecule has 1 aromatic heterocycles. The third kappa shape index (κ3) is 3.96. The van der Waals surface area contributed by atoms with E-state index in [2.05, 4.69) is 5.32 Å². The van der Waals surface area contributed by atoms with Crippen LogP contribution in [0.3, 0.4) is 0 Å². The molecule has 0 aliphatic rings. The molecule has 2 aromatic rings. The van der Waals surface area contributed by atoms with Gasteiger partial charge in [-0.25, -0.2) is 8.42 Å². The van der Waals surface area contributed by atoms with E-state index in [0.717, 1.165) is 10.4 Å². The third-order valence-electron chi connectivity index (χ3n) is 3.44. The molecular weight excluding hydrogens is 372 g/mol. The first-order valence-corrected chi connectivity index (χ1v) is 9.61. The molecule has 0 saturated heterocycles. The van der Waals surface area contributed by atoms with Gasteiger partial charge < -0.3 is 5.32 Å². The van der Waals surface area contributed by atoms with Gasteiger partial charge in [-0.2, -0.15) is 0 Å². The van der Waals surface area contributed by atoms with Gasteiger partial charge in [-0.1, -0.05) is 16.1 Å². The smallest absolute Gasteiger partial charge is 0.266 e. The van der Waals surface area contributed by atoms with Crippen LogP contribution in [-0.2, 0) is 21.4 Å². The number of carbonyl (C=O) groups is 1. The molecule has 0 spiro atoms. The van der Waals surface area contributed by atoms with E-state index < -0.39 is 10.0 Å². The SMILES string of the molecule is CON(C)S(=O)(=O)c1cc(C(=O)NCc2sccc2C)ccc1Cl. The first-order valence-electron chi connectivity index (χ1n) is 6.91. The predicted molar refractivity (Wildman–Crippen MR) is 93.6 cm³/mol. The van der Waals surface area contributed by atoms with Gasteiger partial charge in [0.25, 0.3) is 15.9 Å². The van der Waals surface area contributed by atoms with E-state index in [1.165, 1.54) is 32.4 Å². The van der Waals surface area contributed by atoms with Crippen molar-refractivity contribution in [3.05, 3.63) is 50.7 Å². The Kier molecular flexibility index (Phi) is 6.00. The Morgan fingerprint density at radius 2 is 2.08 bits per heavy atom. The van der Waals surface area contributed by atoms with Gasteiger partial charge in [0.15, 0.2) is 0 Å². The van der Waals surface area contributed by atoms with E-state index in [9.17, 15) is 13.2 Å². The number of carbonyl (C=O) groups excluding carboxylic acids is 1. The Hall–Kier alpha value is -1.45. The molecule has 9 heteroatoms. The maximum Gasteiger partial charge on any atom is 0.266 e. The second-order valence-corrected chi connectivity index (χ2v) is 8.26. The van der Waals surface area contributed by atoms with Crippen LogP contribution in [-0.4, -0.2) is 33.0 Å². The highest BCUT2D eigenvalue weighted by atomic mass is 35.5. The highest BCUT2D eigenvalue weighted by Gasteiger charge is 2.25. The lowest BCUT2D eigenvalue weighted by Gasteiger charge is -2.15. The monoisotopic (exact) mass is 388 g/mol. The zero-order valence-corrected chi connectivity index (χ0v) is 15.8. The molecule has 0 aliphatic heterocycles. The van der Waals surface area contributed by atoms with Crippen LogP contribution in [0.15, 0.2) is 34.5 Å². The van der Waals surface area contributed by atoms with Crippen LogP contribution >= 0.6 is 22.9 Å². The highest BCUT2D eigenvalue weighted by molar-refractivity contribution is 7.89. The molecule has 2 rings (SSSR count). The average molecular weight is 389 g/mol. The standard InChI is InChI=1S/C15H17ClN2O4S2/c1-10-6-7-23-13(10)9-17-15(19)11-4-5-12(16)14(8-11)24(20,21)18(2)22-3/h4-8H,9H2,1-3H3,(H,17,19). The number of hydroxylamine groups is 1. The quantitative estimate of drug-likeness (QED) is 0.772. The van der Waals surface area contributed by atoms with E-state index in [1.54, 1.807) is 11.3 Å². The number of hydrogen-bond donors (Lipinski definition) is 1. The fourth-order valence-electron chi connectivity index (χ4n) is 1.93. The molecule has 0 radical (unpaired) electrons. The molecule has 0 unspecified atom stereocenters. The van der Waals surface area contributed by atoms with Crippen molar-refractivity contribution in [2.45, 2.75) is 18.4 Å². The molecule has 1 amide bonds. The van der Waals surface area contributed by atoms with Crippen LogP contribution in [0, 0.1) is 6.92 Å². The molecule has 0 saturated carbocycles. The number of thiophene rings is 1. The lowest BCUT2D eigenvalue weighted by molar-refractivity contribution is -0.0258. The normalized spacial score (nSPS) is 11.7. The summed E-state index contributed by atoms with van der Waals surface area (Å²) in [5.74, 6) is -0.379. The van der Waals surface area contributed by atoms with Crippen LogP contribution in [0.1, 0.15) is 20.8 Å². The summed E-state index contributed by atoms with van der Waals surface area (Å²) in [6, 6.07) is 6.07. The topological polar surface area (TPSA) is 75.7 Å². The summed E-state index contributed by atoms with van der Waals surface area (Å²) in [5.41, 5.74) is 1.30. The Morgan fingerprint density at radius 1 is 1.38 bits per heavy atom. The fourth-order valence-corrected chi connectivity index (χ4v) is 4.25. The number of sulfonamides is 1. The number of nitrogens with zero attached hydrogens (tertiary/aromatic N) is 1. The van der Waals surface area contributed by atoms with Crippen molar-refractivity contribution in [2.24, 2.45) is 0 Å². The molecule has 0 aliphatic carbocycles. The molecule has 24 heavy (non-hydrogen) atoms. The van der Waals surface area contributed by atoms with Gasteiger partial charge >= 0.3 is 0 Å². The summed E-state index contributed by atoms with van der Waals surface area (Å²) in [7, 11) is -1.46. The molecule has 1 N–H and O–H groups in total. The van der Waals surface area contributed by atoms with E-state index in [-0.39, 0.29) is 21.4 Å².